The Labute approximate surface area is 94.0 Å². The fraction of sp³-hybridized carbons (Fsp3) is 0.500. The number of hydrogen-bond donors (Lipinski definition) is 1. The molecule has 1 aliphatic heterocycles. The minimum atomic E-state index is 0.553. The molecule has 0 amide bonds. The van der Waals surface area contributed by atoms with Crippen molar-refractivity contribution in [2.75, 3.05) is 6.54 Å². The molecule has 1 saturated heterocycles. The van der Waals surface area contributed by atoms with E-state index < -0.39 is 0 Å². The largest absolute Gasteiger partial charge is 0.310 e. The Morgan fingerprint density at radius 1 is 1.29 bits per heavy atom. The minimum absolute atomic E-state index is 0.553. The molecule has 0 radical (unpaired) electrons. The summed E-state index contributed by atoms with van der Waals surface area (Å²) in [5.41, 5.74) is 1.42. The van der Waals surface area contributed by atoms with Gasteiger partial charge in [0.15, 0.2) is 0 Å². The fourth-order valence-electron chi connectivity index (χ4n) is 2.17. The van der Waals surface area contributed by atoms with Crippen LogP contribution in [0.5, 0.6) is 0 Å². The van der Waals surface area contributed by atoms with Crippen molar-refractivity contribution < 1.29 is 0 Å². The molecule has 1 heterocycles. The van der Waals surface area contributed by atoms with Gasteiger partial charge < -0.3 is 5.32 Å². The second kappa shape index (κ2) is 4.45. The van der Waals surface area contributed by atoms with Crippen LogP contribution >= 0.6 is 15.9 Å². The molecule has 2 heteroatoms. The van der Waals surface area contributed by atoms with Crippen LogP contribution in [0, 0.1) is 5.92 Å². The Kier molecular flexibility index (Phi) is 3.24. The van der Waals surface area contributed by atoms with E-state index >= 15 is 0 Å². The van der Waals surface area contributed by atoms with Crippen molar-refractivity contribution >= 4 is 15.9 Å². The molecule has 1 aromatic carbocycles. The monoisotopic (exact) mass is 253 g/mol. The molecule has 0 spiro atoms. The first-order chi connectivity index (χ1) is 6.77. The third-order valence-electron chi connectivity index (χ3n) is 3.00. The average Bonchev–Trinajstić information content (AvgIpc) is 2.20. The number of hydrogen-bond acceptors (Lipinski definition) is 1. The van der Waals surface area contributed by atoms with Gasteiger partial charge in [0.05, 0.1) is 0 Å². The van der Waals surface area contributed by atoms with E-state index in [0.717, 1.165) is 16.9 Å². The summed E-state index contributed by atoms with van der Waals surface area (Å²) in [6, 6.07) is 9.22. The topological polar surface area (TPSA) is 12.0 Å². The van der Waals surface area contributed by atoms with Gasteiger partial charge in [-0.05, 0) is 43.0 Å². The molecule has 76 valence electrons. The second-order valence-corrected chi connectivity index (χ2v) is 5.02. The van der Waals surface area contributed by atoms with Crippen molar-refractivity contribution in [3.05, 3.63) is 34.3 Å². The third-order valence-corrected chi connectivity index (χ3v) is 3.53. The number of rotatable bonds is 1. The smallest absolute Gasteiger partial charge is 0.0346 e. The Balaban J connectivity index is 2.16. The Morgan fingerprint density at radius 3 is 2.64 bits per heavy atom. The lowest BCUT2D eigenvalue weighted by atomic mass is 9.88. The van der Waals surface area contributed by atoms with Gasteiger partial charge in [-0.2, -0.15) is 0 Å². The molecule has 1 aliphatic rings. The summed E-state index contributed by atoms with van der Waals surface area (Å²) in [4.78, 5) is 0. The van der Waals surface area contributed by atoms with Crippen LogP contribution in [0.4, 0.5) is 0 Å². The van der Waals surface area contributed by atoms with E-state index in [9.17, 15) is 0 Å². The van der Waals surface area contributed by atoms with Crippen molar-refractivity contribution in [3.8, 4) is 0 Å². The Bertz CT molecular complexity index is 294. The minimum Gasteiger partial charge on any atom is -0.310 e. The van der Waals surface area contributed by atoms with Gasteiger partial charge in [-0.1, -0.05) is 35.0 Å². The predicted octanol–water partition coefficient (Wildman–Crippen LogP) is 3.51. The summed E-state index contributed by atoms with van der Waals surface area (Å²) < 4.78 is 1.16. The lowest BCUT2D eigenvalue weighted by Gasteiger charge is -2.30. The molecule has 2 rings (SSSR count). The summed E-state index contributed by atoms with van der Waals surface area (Å²) in [6.45, 7) is 3.49. The number of nitrogens with one attached hydrogen (secondary N) is 1. The summed E-state index contributed by atoms with van der Waals surface area (Å²) in [5, 5.41) is 3.59. The first-order valence-electron chi connectivity index (χ1n) is 5.26. The average molecular weight is 254 g/mol. The van der Waals surface area contributed by atoms with E-state index in [2.05, 4.69) is 52.4 Å². The molecular weight excluding hydrogens is 238 g/mol. The molecule has 0 aliphatic carbocycles. The molecule has 0 bridgehead atoms. The highest BCUT2D eigenvalue weighted by atomic mass is 79.9. The van der Waals surface area contributed by atoms with Crippen molar-refractivity contribution in [2.45, 2.75) is 25.8 Å². The van der Waals surface area contributed by atoms with E-state index in [1.807, 2.05) is 0 Å². The highest BCUT2D eigenvalue weighted by Crippen LogP contribution is 2.29. The molecule has 2 atom stereocenters. The van der Waals surface area contributed by atoms with Crippen molar-refractivity contribution in [1.29, 1.82) is 0 Å². The van der Waals surface area contributed by atoms with Crippen LogP contribution in [0.25, 0.3) is 0 Å². The van der Waals surface area contributed by atoms with E-state index in [1.54, 1.807) is 0 Å². The van der Waals surface area contributed by atoms with Crippen LogP contribution in [0.1, 0.15) is 31.4 Å². The number of piperidine rings is 1. The van der Waals surface area contributed by atoms with Gasteiger partial charge >= 0.3 is 0 Å². The van der Waals surface area contributed by atoms with Crippen molar-refractivity contribution in [1.82, 2.24) is 5.32 Å². The second-order valence-electron chi connectivity index (χ2n) is 4.10. The molecule has 0 saturated carbocycles. The van der Waals surface area contributed by atoms with Gasteiger partial charge in [-0.3, -0.25) is 0 Å². The SMILES string of the molecule is CC1CCCNC1c1ccc(Br)cc1. The van der Waals surface area contributed by atoms with Crippen LogP contribution in [-0.2, 0) is 0 Å². The van der Waals surface area contributed by atoms with E-state index in [4.69, 9.17) is 0 Å². The van der Waals surface area contributed by atoms with Gasteiger partial charge in [0, 0.05) is 10.5 Å². The van der Waals surface area contributed by atoms with Crippen LogP contribution in [0.2, 0.25) is 0 Å². The normalized spacial score (nSPS) is 27.6. The van der Waals surface area contributed by atoms with Crippen LogP contribution in [0.15, 0.2) is 28.7 Å². The van der Waals surface area contributed by atoms with E-state index in [0.29, 0.717) is 6.04 Å². The van der Waals surface area contributed by atoms with Crippen LogP contribution < -0.4 is 5.32 Å². The first kappa shape index (κ1) is 10.2. The summed E-state index contributed by atoms with van der Waals surface area (Å²) >= 11 is 3.46. The lowest BCUT2D eigenvalue weighted by Crippen LogP contribution is -2.32. The molecule has 1 fully saturated rings. The van der Waals surface area contributed by atoms with Crippen molar-refractivity contribution in [2.24, 2.45) is 5.92 Å². The summed E-state index contributed by atoms with van der Waals surface area (Å²) in [5.74, 6) is 0.755. The molecule has 1 aromatic rings. The Morgan fingerprint density at radius 2 is 2.00 bits per heavy atom. The van der Waals surface area contributed by atoms with Gasteiger partial charge in [0.1, 0.15) is 0 Å². The van der Waals surface area contributed by atoms with Gasteiger partial charge in [-0.15, -0.1) is 0 Å². The maximum Gasteiger partial charge on any atom is 0.0346 e. The zero-order valence-corrected chi connectivity index (χ0v) is 10.0. The van der Waals surface area contributed by atoms with Crippen molar-refractivity contribution in [3.63, 3.8) is 0 Å². The number of halogens is 1. The molecule has 2 unspecified atom stereocenters. The molecule has 1 N–H and O–H groups in total. The molecule has 1 nitrogen and oxygen atoms in total. The predicted molar refractivity (Wildman–Crippen MR) is 63.3 cm³/mol. The molecular formula is C12H16BrN. The van der Waals surface area contributed by atoms with E-state index in [-0.39, 0.29) is 0 Å². The quantitative estimate of drug-likeness (QED) is 0.808. The maximum atomic E-state index is 3.59. The van der Waals surface area contributed by atoms with Crippen LogP contribution in [0.3, 0.4) is 0 Å². The third kappa shape index (κ3) is 2.18. The Hall–Kier alpha value is -0.340. The highest BCUT2D eigenvalue weighted by molar-refractivity contribution is 9.10. The molecule has 0 aromatic heterocycles. The standard InChI is InChI=1S/C12H16BrN/c1-9-3-2-8-14-12(9)10-4-6-11(13)7-5-10/h4-7,9,12,14H,2-3,8H2,1H3. The van der Waals surface area contributed by atoms with Gasteiger partial charge in [0.25, 0.3) is 0 Å². The van der Waals surface area contributed by atoms with Crippen LogP contribution in [-0.4, -0.2) is 6.54 Å². The summed E-state index contributed by atoms with van der Waals surface area (Å²) in [6.07, 6.45) is 2.65. The van der Waals surface area contributed by atoms with E-state index in [1.165, 1.54) is 18.4 Å². The lowest BCUT2D eigenvalue weighted by molar-refractivity contribution is 0.306. The van der Waals surface area contributed by atoms with Gasteiger partial charge in [0.2, 0.25) is 0 Å². The highest BCUT2D eigenvalue weighted by Gasteiger charge is 2.21. The zero-order chi connectivity index (χ0) is 9.97. The first-order valence-corrected chi connectivity index (χ1v) is 6.05. The zero-order valence-electron chi connectivity index (χ0n) is 8.46. The summed E-state index contributed by atoms with van der Waals surface area (Å²) in [7, 11) is 0. The van der Waals surface area contributed by atoms with Gasteiger partial charge in [-0.25, -0.2) is 0 Å². The molecule has 14 heavy (non-hydrogen) atoms. The fourth-order valence-corrected chi connectivity index (χ4v) is 2.43. The number of benzene rings is 1. The maximum absolute atomic E-state index is 3.59.